The second-order valence-electron chi connectivity index (χ2n) is 4.09. The fourth-order valence-electron chi connectivity index (χ4n) is 1.86. The number of aliphatic hydroxyl groups excluding tert-OH is 1. The summed E-state index contributed by atoms with van der Waals surface area (Å²) in [5, 5.41) is 9.23. The number of β-amino-alcohol motifs (C(OH)–C–C–N with tert-alkyl or cyclic N) is 1. The molecule has 1 aliphatic rings. The van der Waals surface area contributed by atoms with Crippen LogP contribution in [0.15, 0.2) is 0 Å². The summed E-state index contributed by atoms with van der Waals surface area (Å²) in [6.45, 7) is 2.97. The Morgan fingerprint density at radius 2 is 2.29 bits per heavy atom. The molecule has 17 heavy (non-hydrogen) atoms. The van der Waals surface area contributed by atoms with E-state index in [0.717, 1.165) is 5.75 Å². The van der Waals surface area contributed by atoms with Gasteiger partial charge in [0, 0.05) is 37.5 Å². The first-order valence-corrected chi connectivity index (χ1v) is 8.58. The van der Waals surface area contributed by atoms with Gasteiger partial charge in [0.1, 0.15) is 5.37 Å². The molecule has 0 radical (unpaired) electrons. The Balaban J connectivity index is 2.66. The molecule has 2 unspecified atom stereocenters. The van der Waals surface area contributed by atoms with Crippen LogP contribution in [0, 0.1) is 0 Å². The molecule has 102 valence electrons. The van der Waals surface area contributed by atoms with E-state index < -0.39 is 21.3 Å². The fraction of sp³-hybridized carbons (Fsp3) is 1.00. The molecule has 0 aromatic rings. The monoisotopic (exact) mass is 283 g/mol. The van der Waals surface area contributed by atoms with Gasteiger partial charge >= 0.3 is 0 Å². The lowest BCUT2D eigenvalue weighted by Gasteiger charge is -2.35. The van der Waals surface area contributed by atoms with Crippen molar-refractivity contribution >= 4 is 21.6 Å². The van der Waals surface area contributed by atoms with Crippen LogP contribution in [-0.2, 0) is 14.6 Å². The highest BCUT2D eigenvalue weighted by atomic mass is 32.2. The molecule has 5 nitrogen and oxygen atoms in total. The highest BCUT2D eigenvalue weighted by Crippen LogP contribution is 2.21. The molecule has 1 N–H and O–H groups in total. The molecule has 1 fully saturated rings. The fourth-order valence-corrected chi connectivity index (χ4v) is 4.95. The molecule has 0 spiro atoms. The zero-order valence-corrected chi connectivity index (χ0v) is 12.0. The average molecular weight is 283 g/mol. The molecular formula is C10H21NO4S2. The molecule has 1 rings (SSSR count). The smallest absolute Gasteiger partial charge is 0.166 e. The van der Waals surface area contributed by atoms with Crippen LogP contribution in [0.1, 0.15) is 6.92 Å². The van der Waals surface area contributed by atoms with Crippen molar-refractivity contribution in [3.05, 3.63) is 0 Å². The van der Waals surface area contributed by atoms with Crippen molar-refractivity contribution in [3.8, 4) is 0 Å². The minimum Gasteiger partial charge on any atom is -0.389 e. The molecule has 0 saturated carbocycles. The number of nitrogens with zero attached hydrogens (tertiary/aromatic N) is 1. The van der Waals surface area contributed by atoms with E-state index in [2.05, 4.69) is 0 Å². The standard InChI is InChI=1S/C10H21NO4S2/c1-3-17(13,14)10-8-16-5-4-11(10)6-9(12)7-15-2/h9-10,12H,3-8H2,1-2H3. The predicted molar refractivity (Wildman–Crippen MR) is 70.0 cm³/mol. The van der Waals surface area contributed by atoms with Crippen LogP contribution < -0.4 is 0 Å². The van der Waals surface area contributed by atoms with Gasteiger partial charge in [-0.05, 0) is 0 Å². The van der Waals surface area contributed by atoms with Crippen molar-refractivity contribution in [1.82, 2.24) is 4.90 Å². The third-order valence-corrected chi connectivity index (χ3v) is 6.14. The number of methoxy groups -OCH3 is 1. The molecule has 2 atom stereocenters. The van der Waals surface area contributed by atoms with Crippen LogP contribution in [0.4, 0.5) is 0 Å². The normalized spacial score (nSPS) is 24.8. The third-order valence-electron chi connectivity index (χ3n) is 2.81. The van der Waals surface area contributed by atoms with Crippen molar-refractivity contribution in [2.24, 2.45) is 0 Å². The third kappa shape index (κ3) is 4.40. The number of sulfone groups is 1. The Kier molecular flexibility index (Phi) is 6.22. The van der Waals surface area contributed by atoms with Gasteiger partial charge in [0.25, 0.3) is 0 Å². The Morgan fingerprint density at radius 3 is 2.88 bits per heavy atom. The first-order valence-electron chi connectivity index (χ1n) is 5.71. The van der Waals surface area contributed by atoms with Crippen LogP contribution in [0.2, 0.25) is 0 Å². The van der Waals surface area contributed by atoms with Crippen molar-refractivity contribution in [1.29, 1.82) is 0 Å². The topological polar surface area (TPSA) is 66.8 Å². The van der Waals surface area contributed by atoms with Gasteiger partial charge in [-0.2, -0.15) is 11.8 Å². The number of rotatable bonds is 6. The maximum atomic E-state index is 11.9. The van der Waals surface area contributed by atoms with Crippen LogP contribution in [0.3, 0.4) is 0 Å². The Morgan fingerprint density at radius 1 is 1.59 bits per heavy atom. The van der Waals surface area contributed by atoms with E-state index in [0.29, 0.717) is 18.8 Å². The molecule has 0 aromatic carbocycles. The van der Waals surface area contributed by atoms with E-state index in [1.807, 2.05) is 4.90 Å². The van der Waals surface area contributed by atoms with Gasteiger partial charge in [0.15, 0.2) is 9.84 Å². The lowest BCUT2D eigenvalue weighted by atomic mass is 10.3. The zero-order chi connectivity index (χ0) is 12.9. The Bertz CT molecular complexity index is 320. The summed E-state index contributed by atoms with van der Waals surface area (Å²) >= 11 is 1.66. The summed E-state index contributed by atoms with van der Waals surface area (Å²) in [4.78, 5) is 1.86. The minimum absolute atomic E-state index is 0.148. The highest BCUT2D eigenvalue weighted by molar-refractivity contribution is 8.01. The highest BCUT2D eigenvalue weighted by Gasteiger charge is 2.33. The van der Waals surface area contributed by atoms with Gasteiger partial charge < -0.3 is 9.84 Å². The van der Waals surface area contributed by atoms with Crippen molar-refractivity contribution < 1.29 is 18.3 Å². The van der Waals surface area contributed by atoms with E-state index in [1.54, 1.807) is 18.7 Å². The van der Waals surface area contributed by atoms with Gasteiger partial charge in [-0.25, -0.2) is 8.42 Å². The summed E-state index contributed by atoms with van der Waals surface area (Å²) in [5.41, 5.74) is 0. The lowest BCUT2D eigenvalue weighted by molar-refractivity contribution is 0.0368. The van der Waals surface area contributed by atoms with Crippen LogP contribution in [0.5, 0.6) is 0 Å². The van der Waals surface area contributed by atoms with Crippen LogP contribution in [-0.4, -0.2) is 74.0 Å². The van der Waals surface area contributed by atoms with Crippen molar-refractivity contribution in [3.63, 3.8) is 0 Å². The maximum absolute atomic E-state index is 11.9. The quantitative estimate of drug-likeness (QED) is 0.728. The number of aliphatic hydroxyl groups is 1. The lowest BCUT2D eigenvalue weighted by Crippen LogP contribution is -2.50. The summed E-state index contributed by atoms with van der Waals surface area (Å²) in [6.07, 6.45) is -0.627. The number of hydrogen-bond acceptors (Lipinski definition) is 6. The second kappa shape index (κ2) is 6.94. The van der Waals surface area contributed by atoms with Gasteiger partial charge in [-0.1, -0.05) is 6.92 Å². The van der Waals surface area contributed by atoms with E-state index in [4.69, 9.17) is 4.74 Å². The summed E-state index contributed by atoms with van der Waals surface area (Å²) in [7, 11) is -1.55. The van der Waals surface area contributed by atoms with Gasteiger partial charge in [-0.15, -0.1) is 0 Å². The first-order chi connectivity index (χ1) is 8.01. The van der Waals surface area contributed by atoms with Gasteiger partial charge in [-0.3, -0.25) is 4.90 Å². The summed E-state index contributed by atoms with van der Waals surface area (Å²) in [6, 6.07) is 0. The summed E-state index contributed by atoms with van der Waals surface area (Å²) < 4.78 is 28.7. The molecule has 1 saturated heterocycles. The molecule has 7 heteroatoms. The first kappa shape index (κ1) is 15.2. The van der Waals surface area contributed by atoms with Gasteiger partial charge in [0.2, 0.25) is 0 Å². The Labute approximate surface area is 107 Å². The molecule has 0 aromatic heterocycles. The van der Waals surface area contributed by atoms with E-state index >= 15 is 0 Å². The van der Waals surface area contributed by atoms with E-state index in [-0.39, 0.29) is 12.4 Å². The average Bonchev–Trinajstić information content (AvgIpc) is 2.30. The van der Waals surface area contributed by atoms with E-state index in [9.17, 15) is 13.5 Å². The maximum Gasteiger partial charge on any atom is 0.166 e. The number of thioether (sulfide) groups is 1. The van der Waals surface area contributed by atoms with Crippen LogP contribution >= 0.6 is 11.8 Å². The Hall–Kier alpha value is 0.180. The minimum atomic E-state index is -3.08. The molecule has 0 amide bonds. The second-order valence-corrected chi connectivity index (χ2v) is 7.68. The van der Waals surface area contributed by atoms with Crippen LogP contribution in [0.25, 0.3) is 0 Å². The predicted octanol–water partition coefficient (Wildman–Crippen LogP) is -0.197. The number of hydrogen-bond donors (Lipinski definition) is 1. The number of ether oxygens (including phenoxy) is 1. The molecule has 1 aliphatic heterocycles. The van der Waals surface area contributed by atoms with Crippen molar-refractivity contribution in [2.75, 3.05) is 44.1 Å². The molecule has 1 heterocycles. The van der Waals surface area contributed by atoms with Gasteiger partial charge in [0.05, 0.1) is 12.7 Å². The largest absolute Gasteiger partial charge is 0.389 e. The van der Waals surface area contributed by atoms with Crippen molar-refractivity contribution in [2.45, 2.75) is 18.4 Å². The summed E-state index contributed by atoms with van der Waals surface area (Å²) in [5.74, 6) is 1.65. The SMILES string of the molecule is CCS(=O)(=O)C1CSCCN1CC(O)COC. The molecule has 0 aliphatic carbocycles. The molecular weight excluding hydrogens is 262 g/mol. The molecule has 0 bridgehead atoms. The van der Waals surface area contributed by atoms with E-state index in [1.165, 1.54) is 7.11 Å². The zero-order valence-electron chi connectivity index (χ0n) is 10.3.